The third kappa shape index (κ3) is 5.47. The lowest BCUT2D eigenvalue weighted by Crippen LogP contribution is -2.39. The van der Waals surface area contributed by atoms with Crippen molar-refractivity contribution in [1.29, 1.82) is 0 Å². The van der Waals surface area contributed by atoms with Crippen LogP contribution >= 0.6 is 0 Å². The molecule has 176 valence electrons. The number of carboxylic acids is 1. The van der Waals surface area contributed by atoms with Gasteiger partial charge in [0.1, 0.15) is 0 Å². The lowest BCUT2D eigenvalue weighted by atomic mass is 9.88. The number of rotatable bonds is 7. The van der Waals surface area contributed by atoms with Crippen LogP contribution in [0.2, 0.25) is 0 Å². The normalized spacial score (nSPS) is 18.9. The van der Waals surface area contributed by atoms with Crippen molar-refractivity contribution < 1.29 is 14.7 Å². The van der Waals surface area contributed by atoms with Crippen molar-refractivity contribution in [3.8, 4) is 11.1 Å². The minimum Gasteiger partial charge on any atom is -0.481 e. The van der Waals surface area contributed by atoms with E-state index in [2.05, 4.69) is 54.3 Å². The lowest BCUT2D eigenvalue weighted by Gasteiger charge is -2.31. The Balaban J connectivity index is 1.38. The second-order valence-electron chi connectivity index (χ2n) is 10.4. The molecule has 5 heteroatoms. The summed E-state index contributed by atoms with van der Waals surface area (Å²) >= 11 is 0. The van der Waals surface area contributed by atoms with Gasteiger partial charge in [-0.1, -0.05) is 42.5 Å². The lowest BCUT2D eigenvalue weighted by molar-refractivity contribution is -0.151. The molecule has 0 saturated carbocycles. The van der Waals surface area contributed by atoms with Gasteiger partial charge in [-0.2, -0.15) is 0 Å². The number of carbonyl (C=O) groups is 2. The predicted octanol–water partition coefficient (Wildman–Crippen LogP) is 4.77. The van der Waals surface area contributed by atoms with Crippen molar-refractivity contribution in [2.24, 2.45) is 5.41 Å². The van der Waals surface area contributed by atoms with Gasteiger partial charge in [-0.25, -0.2) is 0 Å². The van der Waals surface area contributed by atoms with Crippen molar-refractivity contribution >= 4 is 11.9 Å². The smallest absolute Gasteiger partial charge is 0.309 e. The molecule has 1 fully saturated rings. The molecule has 1 atom stereocenters. The summed E-state index contributed by atoms with van der Waals surface area (Å²) in [5.41, 5.74) is 5.20. The van der Waals surface area contributed by atoms with Crippen molar-refractivity contribution in [2.75, 3.05) is 19.6 Å². The Hall–Kier alpha value is -2.66. The minimum atomic E-state index is -1.04. The van der Waals surface area contributed by atoms with Crippen LogP contribution in [0.3, 0.4) is 0 Å². The molecule has 0 spiro atoms. The molecule has 0 aromatic heterocycles. The molecule has 4 rings (SSSR count). The molecule has 2 aromatic rings. The predicted molar refractivity (Wildman–Crippen MR) is 131 cm³/mol. The Morgan fingerprint density at radius 3 is 2.42 bits per heavy atom. The van der Waals surface area contributed by atoms with Crippen LogP contribution in [-0.4, -0.2) is 52.5 Å². The molecule has 1 saturated heterocycles. The molecule has 0 radical (unpaired) electrons. The largest absolute Gasteiger partial charge is 0.481 e. The van der Waals surface area contributed by atoms with Crippen LogP contribution in [0.4, 0.5) is 0 Å². The molecule has 1 amide bonds. The summed E-state index contributed by atoms with van der Waals surface area (Å²) < 4.78 is 0. The number of aliphatic carboxylic acids is 1. The van der Waals surface area contributed by atoms with Crippen LogP contribution in [0.1, 0.15) is 56.7 Å². The van der Waals surface area contributed by atoms with Gasteiger partial charge in [0.15, 0.2) is 0 Å². The van der Waals surface area contributed by atoms with Gasteiger partial charge >= 0.3 is 5.97 Å². The van der Waals surface area contributed by atoms with Gasteiger partial charge in [0.05, 0.1) is 5.41 Å². The Morgan fingerprint density at radius 1 is 1.03 bits per heavy atom. The van der Waals surface area contributed by atoms with Crippen LogP contribution in [-0.2, 0) is 29.0 Å². The first-order valence-corrected chi connectivity index (χ1v) is 12.2. The van der Waals surface area contributed by atoms with Crippen molar-refractivity contribution in [3.63, 3.8) is 0 Å². The Morgan fingerprint density at radius 2 is 1.76 bits per heavy atom. The SMILES string of the molecule is C[C@@H]1CCCN1CCc1ccc(-c2ccc3c(c2)CCN(C(=O)CC(C)(C)C(=O)O)C3)cc1. The number of carboxylic acid groups (broad SMARTS) is 1. The molecule has 2 aromatic carbocycles. The quantitative estimate of drug-likeness (QED) is 0.663. The summed E-state index contributed by atoms with van der Waals surface area (Å²) in [6.07, 6.45) is 4.57. The summed E-state index contributed by atoms with van der Waals surface area (Å²) in [6.45, 7) is 9.10. The van der Waals surface area contributed by atoms with Gasteiger partial charge in [-0.15, -0.1) is 0 Å². The fourth-order valence-corrected chi connectivity index (χ4v) is 4.97. The standard InChI is InChI=1S/C28H36N2O3/c1-20-5-4-14-29(20)15-12-21-6-8-22(9-7-21)23-10-11-25-19-30(16-13-24(25)17-23)26(31)18-28(2,3)27(32)33/h6-11,17,20H,4-5,12-16,18-19H2,1-3H3,(H,32,33)/t20-/m1/s1. The topological polar surface area (TPSA) is 60.9 Å². The number of likely N-dealkylation sites (tertiary alicyclic amines) is 1. The molecule has 0 unspecified atom stereocenters. The van der Waals surface area contributed by atoms with E-state index < -0.39 is 11.4 Å². The van der Waals surface area contributed by atoms with Crippen molar-refractivity contribution in [3.05, 3.63) is 59.2 Å². The van der Waals surface area contributed by atoms with E-state index in [1.165, 1.54) is 41.6 Å². The zero-order valence-electron chi connectivity index (χ0n) is 20.1. The zero-order valence-corrected chi connectivity index (χ0v) is 20.1. The summed E-state index contributed by atoms with van der Waals surface area (Å²) in [4.78, 5) is 28.4. The molecule has 0 bridgehead atoms. The van der Waals surface area contributed by atoms with E-state index in [0.29, 0.717) is 13.1 Å². The highest BCUT2D eigenvalue weighted by atomic mass is 16.4. The number of benzene rings is 2. The maximum Gasteiger partial charge on any atom is 0.309 e. The van der Waals surface area contributed by atoms with E-state index in [1.807, 2.05) is 0 Å². The van der Waals surface area contributed by atoms with Crippen molar-refractivity contribution in [1.82, 2.24) is 9.80 Å². The number of nitrogens with zero attached hydrogens (tertiary/aromatic N) is 2. The molecular weight excluding hydrogens is 412 g/mol. The second kappa shape index (κ2) is 9.68. The molecule has 1 N–H and O–H groups in total. The second-order valence-corrected chi connectivity index (χ2v) is 10.4. The molecule has 2 heterocycles. The number of hydrogen-bond acceptors (Lipinski definition) is 3. The Bertz CT molecular complexity index is 1010. The average Bonchev–Trinajstić information content (AvgIpc) is 3.21. The summed E-state index contributed by atoms with van der Waals surface area (Å²) in [5, 5.41) is 9.32. The Kier molecular flexibility index (Phi) is 6.89. The van der Waals surface area contributed by atoms with Crippen molar-refractivity contribution in [2.45, 2.75) is 65.5 Å². The number of carbonyl (C=O) groups excluding carboxylic acids is 1. The van der Waals surface area contributed by atoms with Crippen LogP contribution in [0.5, 0.6) is 0 Å². The van der Waals surface area contributed by atoms with Gasteiger partial charge in [0.2, 0.25) is 5.91 Å². The van der Waals surface area contributed by atoms with Gasteiger partial charge in [-0.05, 0) is 80.8 Å². The number of amides is 1. The number of hydrogen-bond donors (Lipinski definition) is 1. The van der Waals surface area contributed by atoms with Crippen LogP contribution in [0, 0.1) is 5.41 Å². The molecule has 2 aliphatic heterocycles. The van der Waals surface area contributed by atoms with Gasteiger partial charge in [0.25, 0.3) is 0 Å². The zero-order chi connectivity index (χ0) is 23.6. The fourth-order valence-electron chi connectivity index (χ4n) is 4.97. The molecular formula is C28H36N2O3. The molecule has 0 aliphatic carbocycles. The highest BCUT2D eigenvalue weighted by Crippen LogP contribution is 2.29. The maximum atomic E-state index is 12.7. The first-order chi connectivity index (χ1) is 15.7. The fraction of sp³-hybridized carbons (Fsp3) is 0.500. The van der Waals surface area contributed by atoms with Gasteiger partial charge in [0, 0.05) is 32.1 Å². The first-order valence-electron chi connectivity index (χ1n) is 12.2. The van der Waals surface area contributed by atoms with E-state index in [9.17, 15) is 14.7 Å². The average molecular weight is 449 g/mol. The van der Waals surface area contributed by atoms with Gasteiger partial charge < -0.3 is 14.9 Å². The monoisotopic (exact) mass is 448 g/mol. The molecule has 2 aliphatic rings. The number of fused-ring (bicyclic) bond motifs is 1. The maximum absolute atomic E-state index is 12.7. The highest BCUT2D eigenvalue weighted by molar-refractivity contribution is 5.84. The Labute approximate surface area is 197 Å². The summed E-state index contributed by atoms with van der Waals surface area (Å²) in [7, 11) is 0. The third-order valence-corrected chi connectivity index (χ3v) is 7.41. The van der Waals surface area contributed by atoms with E-state index in [4.69, 9.17) is 0 Å². The summed E-state index contributed by atoms with van der Waals surface area (Å²) in [6, 6.07) is 16.2. The van der Waals surface area contributed by atoms with E-state index in [0.717, 1.165) is 31.0 Å². The molecule has 33 heavy (non-hydrogen) atoms. The van der Waals surface area contributed by atoms with E-state index >= 15 is 0 Å². The molecule has 5 nitrogen and oxygen atoms in total. The third-order valence-electron chi connectivity index (χ3n) is 7.41. The highest BCUT2D eigenvalue weighted by Gasteiger charge is 2.33. The summed E-state index contributed by atoms with van der Waals surface area (Å²) in [5.74, 6) is -1.02. The van der Waals surface area contributed by atoms with E-state index in [1.54, 1.807) is 18.7 Å². The first kappa shape index (κ1) is 23.5. The minimum absolute atomic E-state index is 0.0266. The van der Waals surface area contributed by atoms with Crippen LogP contribution < -0.4 is 0 Å². The van der Waals surface area contributed by atoms with Crippen LogP contribution in [0.15, 0.2) is 42.5 Å². The van der Waals surface area contributed by atoms with Gasteiger partial charge in [-0.3, -0.25) is 9.59 Å². The van der Waals surface area contributed by atoms with E-state index in [-0.39, 0.29) is 12.3 Å². The van der Waals surface area contributed by atoms with Crippen LogP contribution in [0.25, 0.3) is 11.1 Å².